The minimum absolute atomic E-state index is 1.25. The Labute approximate surface area is 117 Å². The first-order valence-electron chi connectivity index (χ1n) is 5.19. The summed E-state index contributed by atoms with van der Waals surface area (Å²) in [4.78, 5) is 36.4. The van der Waals surface area contributed by atoms with E-state index in [-0.39, 0.29) is 0 Å². The van der Waals surface area contributed by atoms with E-state index in [2.05, 4.69) is 16.5 Å². The van der Waals surface area contributed by atoms with Gasteiger partial charge in [-0.2, -0.15) is 0 Å². The third-order valence-electron chi connectivity index (χ3n) is 1.80. The lowest BCUT2D eigenvalue weighted by Gasteiger charge is -1.88. The quantitative estimate of drug-likeness (QED) is 0.504. The molecule has 2 rings (SSSR count). The summed E-state index contributed by atoms with van der Waals surface area (Å²) in [6.07, 6.45) is 4.07. The van der Waals surface area contributed by atoms with Gasteiger partial charge in [0.1, 0.15) is 0 Å². The topological polar surface area (TPSA) is 154 Å². The fourth-order valence-electron chi connectivity index (χ4n) is 0.980. The third kappa shape index (κ3) is 7.62. The van der Waals surface area contributed by atoms with Crippen molar-refractivity contribution in [2.24, 2.45) is 0 Å². The molecule has 0 aliphatic rings. The highest BCUT2D eigenvalue weighted by molar-refractivity contribution is 6.27. The van der Waals surface area contributed by atoms with Gasteiger partial charge in [0.25, 0.3) is 0 Å². The molecule has 21 heavy (non-hydrogen) atoms. The van der Waals surface area contributed by atoms with Crippen LogP contribution in [0.15, 0.2) is 42.7 Å². The zero-order chi connectivity index (χ0) is 16.4. The second kappa shape index (κ2) is 8.69. The normalized spacial score (nSPS) is 8.57. The number of carbonyl (C=O) groups is 4. The molecular formula is C12H11NO8. The van der Waals surface area contributed by atoms with Crippen LogP contribution in [0, 0.1) is 0 Å². The van der Waals surface area contributed by atoms with Crippen LogP contribution in [0.25, 0.3) is 5.52 Å². The van der Waals surface area contributed by atoms with Gasteiger partial charge < -0.3 is 24.8 Å². The molecule has 0 saturated carbocycles. The molecule has 0 saturated heterocycles. The van der Waals surface area contributed by atoms with E-state index in [4.69, 9.17) is 39.6 Å². The molecule has 2 aromatic rings. The predicted molar refractivity (Wildman–Crippen MR) is 67.9 cm³/mol. The number of aromatic nitrogens is 1. The predicted octanol–water partition coefficient (Wildman–Crippen LogP) is 0.251. The first-order chi connectivity index (χ1) is 9.75. The van der Waals surface area contributed by atoms with Gasteiger partial charge in [-0.05, 0) is 24.3 Å². The fourth-order valence-corrected chi connectivity index (χ4v) is 0.980. The van der Waals surface area contributed by atoms with Crippen LogP contribution in [0.4, 0.5) is 0 Å². The Morgan fingerprint density at radius 1 is 0.667 bits per heavy atom. The first-order valence-corrected chi connectivity index (χ1v) is 5.19. The monoisotopic (exact) mass is 297 g/mol. The van der Waals surface area contributed by atoms with Crippen molar-refractivity contribution in [3.8, 4) is 0 Å². The van der Waals surface area contributed by atoms with Gasteiger partial charge in [0.05, 0.1) is 0 Å². The number of fused-ring (bicyclic) bond motifs is 1. The summed E-state index contributed by atoms with van der Waals surface area (Å²) in [5.41, 5.74) is 1.25. The van der Waals surface area contributed by atoms with E-state index in [9.17, 15) is 0 Å². The van der Waals surface area contributed by atoms with E-state index in [1.807, 2.05) is 30.6 Å². The summed E-state index contributed by atoms with van der Waals surface area (Å²) < 4.78 is 2.08. The molecule has 4 N–H and O–H groups in total. The Balaban J connectivity index is 0.000000300. The van der Waals surface area contributed by atoms with Gasteiger partial charge in [-0.25, -0.2) is 19.2 Å². The average molecular weight is 297 g/mol. The van der Waals surface area contributed by atoms with Crippen molar-refractivity contribution in [3.05, 3.63) is 42.7 Å². The number of aliphatic carboxylic acids is 4. The molecule has 0 amide bonds. The Morgan fingerprint density at radius 2 is 1.05 bits per heavy atom. The van der Waals surface area contributed by atoms with Gasteiger partial charge in [-0.15, -0.1) is 0 Å². The van der Waals surface area contributed by atoms with Gasteiger partial charge in [0, 0.05) is 17.9 Å². The first kappa shape index (κ1) is 17.6. The molecule has 112 valence electrons. The molecule has 9 heteroatoms. The Kier molecular flexibility index (Phi) is 7.30. The van der Waals surface area contributed by atoms with Crippen LogP contribution in [-0.4, -0.2) is 48.7 Å². The molecule has 0 fully saturated rings. The molecular weight excluding hydrogens is 286 g/mol. The van der Waals surface area contributed by atoms with Crippen LogP contribution < -0.4 is 0 Å². The van der Waals surface area contributed by atoms with Crippen molar-refractivity contribution in [2.75, 3.05) is 0 Å². The number of pyridine rings is 1. The molecule has 0 aliphatic heterocycles. The van der Waals surface area contributed by atoms with Crippen molar-refractivity contribution < 1.29 is 39.6 Å². The smallest absolute Gasteiger partial charge is 0.414 e. The Morgan fingerprint density at radius 3 is 1.43 bits per heavy atom. The largest absolute Gasteiger partial charge is 0.473 e. The average Bonchev–Trinajstić information content (AvgIpc) is 2.88. The number of hydrogen-bond acceptors (Lipinski definition) is 4. The molecule has 9 nitrogen and oxygen atoms in total. The number of rotatable bonds is 0. The van der Waals surface area contributed by atoms with Gasteiger partial charge >= 0.3 is 23.9 Å². The summed E-state index contributed by atoms with van der Waals surface area (Å²) in [5.74, 6) is -7.30. The summed E-state index contributed by atoms with van der Waals surface area (Å²) in [5, 5.41) is 29.6. The van der Waals surface area contributed by atoms with Crippen LogP contribution in [0.2, 0.25) is 0 Å². The molecule has 0 unspecified atom stereocenters. The maximum Gasteiger partial charge on any atom is 0.414 e. The maximum atomic E-state index is 9.10. The lowest BCUT2D eigenvalue weighted by Crippen LogP contribution is -2.09. The van der Waals surface area contributed by atoms with Crippen molar-refractivity contribution in [2.45, 2.75) is 0 Å². The van der Waals surface area contributed by atoms with Crippen LogP contribution in [0.3, 0.4) is 0 Å². The number of nitrogens with zero attached hydrogens (tertiary/aromatic N) is 1. The van der Waals surface area contributed by atoms with Crippen LogP contribution in [0.1, 0.15) is 0 Å². The van der Waals surface area contributed by atoms with Crippen molar-refractivity contribution >= 4 is 29.4 Å². The third-order valence-corrected chi connectivity index (χ3v) is 1.80. The molecule has 0 radical (unpaired) electrons. The zero-order valence-corrected chi connectivity index (χ0v) is 10.4. The lowest BCUT2D eigenvalue weighted by atomic mass is 10.4. The van der Waals surface area contributed by atoms with Crippen molar-refractivity contribution in [3.63, 3.8) is 0 Å². The molecule has 0 spiro atoms. The van der Waals surface area contributed by atoms with E-state index in [0.717, 1.165) is 0 Å². The van der Waals surface area contributed by atoms with E-state index >= 15 is 0 Å². The summed E-state index contributed by atoms with van der Waals surface area (Å²) in [7, 11) is 0. The lowest BCUT2D eigenvalue weighted by molar-refractivity contribution is -0.159. The highest BCUT2D eigenvalue weighted by Crippen LogP contribution is 2.01. The van der Waals surface area contributed by atoms with E-state index in [1.165, 1.54) is 5.52 Å². The summed E-state index contributed by atoms with van der Waals surface area (Å²) in [6.45, 7) is 0. The SMILES string of the molecule is O=C(O)C(=O)O.O=C(O)C(=O)O.c1ccn2cccc2c1. The summed E-state index contributed by atoms with van der Waals surface area (Å²) >= 11 is 0. The summed E-state index contributed by atoms with van der Waals surface area (Å²) in [6, 6.07) is 10.3. The number of hydrogen-bond donors (Lipinski definition) is 4. The van der Waals surface area contributed by atoms with Crippen LogP contribution in [0.5, 0.6) is 0 Å². The van der Waals surface area contributed by atoms with E-state index in [1.54, 1.807) is 0 Å². The van der Waals surface area contributed by atoms with Gasteiger partial charge in [0.15, 0.2) is 0 Å². The number of carboxylic acid groups (broad SMARTS) is 4. The van der Waals surface area contributed by atoms with Crippen LogP contribution in [-0.2, 0) is 19.2 Å². The fraction of sp³-hybridized carbons (Fsp3) is 0. The van der Waals surface area contributed by atoms with Gasteiger partial charge in [-0.3, -0.25) is 0 Å². The second-order valence-corrected chi connectivity index (χ2v) is 3.26. The zero-order valence-electron chi connectivity index (χ0n) is 10.4. The second-order valence-electron chi connectivity index (χ2n) is 3.26. The van der Waals surface area contributed by atoms with Crippen molar-refractivity contribution in [1.29, 1.82) is 0 Å². The highest BCUT2D eigenvalue weighted by atomic mass is 16.4. The molecule has 0 atom stereocenters. The molecule has 0 aliphatic carbocycles. The van der Waals surface area contributed by atoms with Crippen LogP contribution >= 0.6 is 0 Å². The number of carboxylic acids is 4. The van der Waals surface area contributed by atoms with E-state index in [0.29, 0.717) is 0 Å². The maximum absolute atomic E-state index is 9.10. The minimum atomic E-state index is -1.82. The Bertz CT molecular complexity index is 567. The molecule has 2 heterocycles. The molecule has 2 aromatic heterocycles. The van der Waals surface area contributed by atoms with Gasteiger partial charge in [-0.1, -0.05) is 6.07 Å². The van der Waals surface area contributed by atoms with E-state index < -0.39 is 23.9 Å². The van der Waals surface area contributed by atoms with Crippen molar-refractivity contribution in [1.82, 2.24) is 4.40 Å². The highest BCUT2D eigenvalue weighted by Gasteiger charge is 2.04. The van der Waals surface area contributed by atoms with Gasteiger partial charge in [0.2, 0.25) is 0 Å². The molecule has 0 bridgehead atoms. The molecule has 0 aromatic carbocycles. The standard InChI is InChI=1S/C8H7N.2C2H2O4/c1-2-6-9-7-3-5-8(9)4-1;2*3-1(4)2(5)6/h1-7H;2*(H,3,4)(H,5,6). The minimum Gasteiger partial charge on any atom is -0.473 e. The Hall–Kier alpha value is -3.36.